The average molecular weight is 350 g/mol. The second-order valence-electron chi connectivity index (χ2n) is 6.12. The molecule has 6 heteroatoms. The van der Waals surface area contributed by atoms with Crippen LogP contribution in [0.1, 0.15) is 36.6 Å². The number of ether oxygens (including phenoxy) is 1. The first-order valence-electron chi connectivity index (χ1n) is 8.28. The molecule has 132 valence electrons. The molecule has 0 N–H and O–H groups in total. The molecule has 1 aromatic carbocycles. The average Bonchev–Trinajstić information content (AvgIpc) is 2.95. The molecule has 0 radical (unpaired) electrons. The SMILES string of the molecule is COC(=O)CCCCCN1C(=O)CSC1c1ccc(N(C)C)cc1. The molecule has 0 spiro atoms. The minimum Gasteiger partial charge on any atom is -0.469 e. The number of hydrogen-bond acceptors (Lipinski definition) is 5. The maximum atomic E-state index is 12.2. The van der Waals surface area contributed by atoms with Gasteiger partial charge >= 0.3 is 5.97 Å². The molecule has 1 heterocycles. The van der Waals surface area contributed by atoms with E-state index in [1.807, 2.05) is 19.0 Å². The number of carbonyl (C=O) groups excluding carboxylic acids is 2. The van der Waals surface area contributed by atoms with Crippen molar-refractivity contribution in [3.05, 3.63) is 29.8 Å². The minimum atomic E-state index is -0.165. The lowest BCUT2D eigenvalue weighted by atomic mass is 10.1. The smallest absolute Gasteiger partial charge is 0.305 e. The number of unbranched alkanes of at least 4 members (excludes halogenated alkanes) is 2. The second kappa shape index (κ2) is 8.97. The molecule has 1 aliphatic rings. The van der Waals surface area contributed by atoms with Gasteiger partial charge in [-0.15, -0.1) is 11.8 Å². The summed E-state index contributed by atoms with van der Waals surface area (Å²) in [5.41, 5.74) is 2.33. The van der Waals surface area contributed by atoms with Crippen LogP contribution in [0.2, 0.25) is 0 Å². The lowest BCUT2D eigenvalue weighted by molar-refractivity contribution is -0.140. The van der Waals surface area contributed by atoms with Crippen molar-refractivity contribution in [3.63, 3.8) is 0 Å². The molecule has 1 aliphatic heterocycles. The summed E-state index contributed by atoms with van der Waals surface area (Å²) in [7, 11) is 5.45. The summed E-state index contributed by atoms with van der Waals surface area (Å²) in [6.45, 7) is 0.743. The zero-order chi connectivity index (χ0) is 17.5. The van der Waals surface area contributed by atoms with Crippen molar-refractivity contribution in [1.29, 1.82) is 0 Å². The molecule has 1 amide bonds. The van der Waals surface area contributed by atoms with Crippen LogP contribution < -0.4 is 4.90 Å². The van der Waals surface area contributed by atoms with E-state index in [-0.39, 0.29) is 17.3 Å². The zero-order valence-electron chi connectivity index (χ0n) is 14.7. The number of nitrogens with zero attached hydrogens (tertiary/aromatic N) is 2. The van der Waals surface area contributed by atoms with Crippen LogP contribution in [0.3, 0.4) is 0 Å². The van der Waals surface area contributed by atoms with E-state index in [1.165, 1.54) is 12.7 Å². The Labute approximate surface area is 148 Å². The van der Waals surface area contributed by atoms with Crippen molar-refractivity contribution in [1.82, 2.24) is 4.90 Å². The number of methoxy groups -OCH3 is 1. The third-order valence-corrected chi connectivity index (χ3v) is 5.43. The summed E-state index contributed by atoms with van der Waals surface area (Å²) in [4.78, 5) is 27.3. The van der Waals surface area contributed by atoms with Crippen LogP contribution in [-0.4, -0.2) is 50.3 Å². The van der Waals surface area contributed by atoms with Crippen molar-refractivity contribution in [2.24, 2.45) is 0 Å². The fourth-order valence-corrected chi connectivity index (χ4v) is 3.96. The maximum absolute atomic E-state index is 12.2. The first kappa shape index (κ1) is 18.6. The van der Waals surface area contributed by atoms with Crippen LogP contribution in [0.15, 0.2) is 24.3 Å². The maximum Gasteiger partial charge on any atom is 0.305 e. The number of rotatable bonds is 8. The van der Waals surface area contributed by atoms with Crippen molar-refractivity contribution in [3.8, 4) is 0 Å². The molecule has 0 bridgehead atoms. The van der Waals surface area contributed by atoms with E-state index < -0.39 is 0 Å². The highest BCUT2D eigenvalue weighted by Crippen LogP contribution is 2.39. The number of benzene rings is 1. The first-order chi connectivity index (χ1) is 11.5. The van der Waals surface area contributed by atoms with E-state index >= 15 is 0 Å². The van der Waals surface area contributed by atoms with E-state index in [9.17, 15) is 9.59 Å². The molecule has 5 nitrogen and oxygen atoms in total. The summed E-state index contributed by atoms with van der Waals surface area (Å²) in [6.07, 6.45) is 3.10. The molecule has 2 rings (SSSR count). The van der Waals surface area contributed by atoms with Gasteiger partial charge in [-0.1, -0.05) is 18.6 Å². The van der Waals surface area contributed by atoms with Crippen LogP contribution in [0.25, 0.3) is 0 Å². The van der Waals surface area contributed by atoms with Crippen LogP contribution in [-0.2, 0) is 14.3 Å². The second-order valence-corrected chi connectivity index (χ2v) is 7.19. The molecule has 1 atom stereocenters. The number of anilines is 1. The van der Waals surface area contributed by atoms with Gasteiger partial charge in [0.2, 0.25) is 5.91 Å². The minimum absolute atomic E-state index is 0.106. The quantitative estimate of drug-likeness (QED) is 0.533. The number of thioether (sulfide) groups is 1. The van der Waals surface area contributed by atoms with Crippen molar-refractivity contribution < 1.29 is 14.3 Å². The van der Waals surface area contributed by atoms with Crippen LogP contribution in [0, 0.1) is 0 Å². The Balaban J connectivity index is 1.88. The van der Waals surface area contributed by atoms with Crippen molar-refractivity contribution in [2.45, 2.75) is 31.1 Å². The summed E-state index contributed by atoms with van der Waals surface area (Å²) < 4.78 is 4.64. The van der Waals surface area contributed by atoms with Gasteiger partial charge < -0.3 is 14.5 Å². The third-order valence-electron chi connectivity index (χ3n) is 4.17. The molecular weight excluding hydrogens is 324 g/mol. The fraction of sp³-hybridized carbons (Fsp3) is 0.556. The predicted molar refractivity (Wildman–Crippen MR) is 98.2 cm³/mol. The molecule has 1 fully saturated rings. The van der Waals surface area contributed by atoms with Crippen LogP contribution in [0.5, 0.6) is 0 Å². The van der Waals surface area contributed by atoms with E-state index in [2.05, 4.69) is 33.9 Å². The van der Waals surface area contributed by atoms with Gasteiger partial charge in [0.1, 0.15) is 5.37 Å². The Morgan fingerprint density at radius 3 is 2.58 bits per heavy atom. The van der Waals surface area contributed by atoms with Gasteiger partial charge in [-0.3, -0.25) is 9.59 Å². The van der Waals surface area contributed by atoms with Gasteiger partial charge in [-0.05, 0) is 30.5 Å². The summed E-state index contributed by atoms with van der Waals surface area (Å²) in [5.74, 6) is 0.582. The van der Waals surface area contributed by atoms with E-state index in [0.717, 1.165) is 31.5 Å². The first-order valence-corrected chi connectivity index (χ1v) is 9.33. The fourth-order valence-electron chi connectivity index (χ4n) is 2.74. The van der Waals surface area contributed by atoms with Gasteiger partial charge in [0.25, 0.3) is 0 Å². The Bertz CT molecular complexity index is 560. The highest BCUT2D eigenvalue weighted by Gasteiger charge is 2.32. The predicted octanol–water partition coefficient (Wildman–Crippen LogP) is 3.06. The number of carbonyl (C=O) groups is 2. The molecule has 0 aromatic heterocycles. The summed E-state index contributed by atoms with van der Waals surface area (Å²) in [5, 5.41) is 0.106. The van der Waals surface area contributed by atoms with E-state index in [4.69, 9.17) is 0 Å². The van der Waals surface area contributed by atoms with E-state index in [1.54, 1.807) is 11.8 Å². The van der Waals surface area contributed by atoms with Crippen LogP contribution in [0.4, 0.5) is 5.69 Å². The summed E-state index contributed by atoms with van der Waals surface area (Å²) >= 11 is 1.69. The molecule has 0 aliphatic carbocycles. The molecule has 0 saturated carbocycles. The Morgan fingerprint density at radius 2 is 1.96 bits per heavy atom. The molecule has 1 saturated heterocycles. The third kappa shape index (κ3) is 4.90. The highest BCUT2D eigenvalue weighted by molar-refractivity contribution is 8.00. The van der Waals surface area contributed by atoms with Gasteiger partial charge in [-0.2, -0.15) is 0 Å². The molecule has 1 unspecified atom stereocenters. The monoisotopic (exact) mass is 350 g/mol. The van der Waals surface area contributed by atoms with Gasteiger partial charge in [-0.25, -0.2) is 0 Å². The molecule has 1 aromatic rings. The van der Waals surface area contributed by atoms with Gasteiger partial charge in [0.15, 0.2) is 0 Å². The number of hydrogen-bond donors (Lipinski definition) is 0. The lowest BCUT2D eigenvalue weighted by Gasteiger charge is -2.24. The van der Waals surface area contributed by atoms with Crippen molar-refractivity contribution in [2.75, 3.05) is 38.4 Å². The Morgan fingerprint density at radius 1 is 1.25 bits per heavy atom. The largest absolute Gasteiger partial charge is 0.469 e. The topological polar surface area (TPSA) is 49.9 Å². The standard InChI is InChI=1S/C18H26N2O3S/c1-19(2)15-10-8-14(9-11-15)18-20(16(21)13-24-18)12-6-4-5-7-17(22)23-3/h8-11,18H,4-7,12-13H2,1-3H3. The molecular formula is C18H26N2O3S. The van der Waals surface area contributed by atoms with Gasteiger partial charge in [0.05, 0.1) is 12.9 Å². The van der Waals surface area contributed by atoms with Gasteiger partial charge in [0, 0.05) is 32.7 Å². The molecule has 24 heavy (non-hydrogen) atoms. The normalized spacial score (nSPS) is 17.2. The highest BCUT2D eigenvalue weighted by atomic mass is 32.2. The van der Waals surface area contributed by atoms with Crippen molar-refractivity contribution >= 4 is 29.3 Å². The number of amides is 1. The van der Waals surface area contributed by atoms with E-state index in [0.29, 0.717) is 12.2 Å². The Kier molecular flexibility index (Phi) is 6.97. The zero-order valence-corrected chi connectivity index (χ0v) is 15.5. The lowest BCUT2D eigenvalue weighted by Crippen LogP contribution is -2.29. The Hall–Kier alpha value is -1.69. The summed E-state index contributed by atoms with van der Waals surface area (Å²) in [6, 6.07) is 8.40. The van der Waals surface area contributed by atoms with Crippen LogP contribution >= 0.6 is 11.8 Å². The number of esters is 1.